The summed E-state index contributed by atoms with van der Waals surface area (Å²) in [5, 5.41) is 10.9. The number of likely N-dealkylation sites (N-methyl/N-ethyl adjacent to an activating group) is 1. The van der Waals surface area contributed by atoms with Crippen molar-refractivity contribution in [1.82, 2.24) is 20.1 Å². The van der Waals surface area contributed by atoms with Crippen LogP contribution < -0.4 is 10.2 Å². The van der Waals surface area contributed by atoms with Crippen LogP contribution in [0, 0.1) is 0 Å². The Morgan fingerprint density at radius 1 is 0.935 bits per heavy atom. The molecule has 0 bridgehead atoms. The monoisotopic (exact) mass is 412 g/mol. The Bertz CT molecular complexity index is 1190. The van der Waals surface area contributed by atoms with Gasteiger partial charge in [-0.2, -0.15) is 5.10 Å². The van der Waals surface area contributed by atoms with Gasteiger partial charge in [0.25, 0.3) is 5.91 Å². The molecule has 2 N–H and O–H groups in total. The van der Waals surface area contributed by atoms with Gasteiger partial charge in [0.2, 0.25) is 0 Å². The number of carbonyl (C=O) groups is 1. The maximum atomic E-state index is 12.8. The van der Waals surface area contributed by atoms with E-state index in [2.05, 4.69) is 37.3 Å². The fourth-order valence-corrected chi connectivity index (χ4v) is 3.84. The van der Waals surface area contributed by atoms with E-state index in [1.165, 1.54) is 0 Å². The molecule has 1 saturated heterocycles. The maximum Gasteiger partial charge on any atom is 0.256 e. The van der Waals surface area contributed by atoms with Gasteiger partial charge in [0.15, 0.2) is 11.5 Å². The summed E-state index contributed by atoms with van der Waals surface area (Å²) in [5.74, 6) is 0.292. The second-order valence-electron chi connectivity index (χ2n) is 7.82. The molecule has 4 aromatic rings. The molecule has 0 aliphatic carbocycles. The third-order valence-corrected chi connectivity index (χ3v) is 5.72. The fraction of sp³-hybridized carbons (Fsp3) is 0.208. The first kappa shape index (κ1) is 19.3. The highest BCUT2D eigenvalue weighted by Gasteiger charge is 2.16. The largest absolute Gasteiger partial charge is 0.369 e. The minimum atomic E-state index is -0.189. The van der Waals surface area contributed by atoms with Gasteiger partial charge in [-0.3, -0.25) is 9.89 Å². The summed E-state index contributed by atoms with van der Waals surface area (Å²) >= 11 is 0. The van der Waals surface area contributed by atoms with Crippen LogP contribution in [0.25, 0.3) is 22.3 Å². The molecule has 1 amide bonds. The van der Waals surface area contributed by atoms with Crippen molar-refractivity contribution in [3.8, 4) is 11.3 Å². The molecule has 31 heavy (non-hydrogen) atoms. The molecule has 0 spiro atoms. The van der Waals surface area contributed by atoms with Gasteiger partial charge >= 0.3 is 0 Å². The van der Waals surface area contributed by atoms with Crippen molar-refractivity contribution in [2.75, 3.05) is 43.4 Å². The first-order valence-electron chi connectivity index (χ1n) is 10.4. The molecule has 1 aliphatic heterocycles. The van der Waals surface area contributed by atoms with Crippen molar-refractivity contribution in [3.63, 3.8) is 0 Å². The highest BCUT2D eigenvalue weighted by molar-refractivity contribution is 6.07. The highest BCUT2D eigenvalue weighted by atomic mass is 16.1. The van der Waals surface area contributed by atoms with Gasteiger partial charge in [0.05, 0.1) is 11.1 Å². The molecular weight excluding hydrogens is 388 g/mol. The van der Waals surface area contributed by atoms with E-state index < -0.39 is 0 Å². The Kier molecular flexibility index (Phi) is 5.09. The number of benzene rings is 2. The van der Waals surface area contributed by atoms with Crippen LogP contribution in [-0.2, 0) is 0 Å². The Labute approximate surface area is 180 Å². The second kappa shape index (κ2) is 8.20. The minimum Gasteiger partial charge on any atom is -0.369 e. The molecule has 0 atom stereocenters. The standard InChI is InChI=1S/C24H24N6O/c1-29-13-15-30(16-14-29)19-9-7-18(8-10-19)24(31)26-23-20-11-12-21(25-22(20)27-28-23)17-5-3-2-4-6-17/h2-12H,13-16H2,1H3,(H2,25,26,27,28,31). The van der Waals surface area contributed by atoms with Crippen LogP contribution in [0.15, 0.2) is 66.7 Å². The van der Waals surface area contributed by atoms with E-state index in [9.17, 15) is 4.79 Å². The first-order chi connectivity index (χ1) is 15.2. The molecule has 3 heterocycles. The summed E-state index contributed by atoms with van der Waals surface area (Å²) in [4.78, 5) is 22.1. The molecule has 1 fully saturated rings. The zero-order chi connectivity index (χ0) is 21.2. The predicted octanol–water partition coefficient (Wildman–Crippen LogP) is 3.63. The number of piperazine rings is 1. The lowest BCUT2D eigenvalue weighted by Crippen LogP contribution is -2.44. The number of hydrogen-bond donors (Lipinski definition) is 2. The average Bonchev–Trinajstić information content (AvgIpc) is 3.22. The van der Waals surface area contributed by atoms with Crippen LogP contribution >= 0.6 is 0 Å². The smallest absolute Gasteiger partial charge is 0.256 e. The highest BCUT2D eigenvalue weighted by Crippen LogP contribution is 2.24. The number of pyridine rings is 1. The number of H-pyrrole nitrogens is 1. The number of nitrogens with one attached hydrogen (secondary N) is 2. The van der Waals surface area contributed by atoms with Crippen LogP contribution in [0.3, 0.4) is 0 Å². The molecule has 0 saturated carbocycles. The Morgan fingerprint density at radius 3 is 2.42 bits per heavy atom. The molecule has 0 unspecified atom stereocenters. The van der Waals surface area contributed by atoms with Crippen molar-refractivity contribution in [3.05, 3.63) is 72.3 Å². The van der Waals surface area contributed by atoms with Crippen molar-refractivity contribution >= 4 is 28.4 Å². The average molecular weight is 412 g/mol. The normalized spacial score (nSPS) is 14.7. The van der Waals surface area contributed by atoms with Crippen molar-refractivity contribution in [2.45, 2.75) is 0 Å². The van der Waals surface area contributed by atoms with Crippen LogP contribution in [0.4, 0.5) is 11.5 Å². The number of aromatic amines is 1. The zero-order valence-electron chi connectivity index (χ0n) is 17.4. The molecule has 0 radical (unpaired) electrons. The summed E-state index contributed by atoms with van der Waals surface area (Å²) in [7, 11) is 2.14. The van der Waals surface area contributed by atoms with E-state index in [4.69, 9.17) is 0 Å². The van der Waals surface area contributed by atoms with Gasteiger partial charge in [-0.25, -0.2) is 4.98 Å². The zero-order valence-corrected chi connectivity index (χ0v) is 17.4. The van der Waals surface area contributed by atoms with Gasteiger partial charge in [0, 0.05) is 43.0 Å². The lowest BCUT2D eigenvalue weighted by atomic mass is 10.1. The lowest BCUT2D eigenvalue weighted by Gasteiger charge is -2.34. The van der Waals surface area contributed by atoms with Crippen LogP contribution in [0.5, 0.6) is 0 Å². The van der Waals surface area contributed by atoms with Crippen molar-refractivity contribution in [1.29, 1.82) is 0 Å². The number of aromatic nitrogens is 3. The van der Waals surface area contributed by atoms with E-state index in [1.807, 2.05) is 66.7 Å². The fourth-order valence-electron chi connectivity index (χ4n) is 3.84. The van der Waals surface area contributed by atoms with Gasteiger partial charge in [-0.15, -0.1) is 0 Å². The summed E-state index contributed by atoms with van der Waals surface area (Å²) < 4.78 is 0. The van der Waals surface area contributed by atoms with E-state index >= 15 is 0 Å². The summed E-state index contributed by atoms with van der Waals surface area (Å²) in [6.45, 7) is 4.10. The second-order valence-corrected chi connectivity index (χ2v) is 7.82. The number of amides is 1. The molecular formula is C24H24N6O. The molecule has 2 aromatic carbocycles. The molecule has 5 rings (SSSR count). The topological polar surface area (TPSA) is 77.1 Å². The lowest BCUT2D eigenvalue weighted by molar-refractivity contribution is 0.102. The molecule has 7 heteroatoms. The number of rotatable bonds is 4. The van der Waals surface area contributed by atoms with E-state index in [-0.39, 0.29) is 5.91 Å². The Morgan fingerprint density at radius 2 is 1.68 bits per heavy atom. The van der Waals surface area contributed by atoms with E-state index in [1.54, 1.807) is 0 Å². The number of anilines is 2. The molecule has 1 aliphatic rings. The first-order valence-corrected chi connectivity index (χ1v) is 10.4. The van der Waals surface area contributed by atoms with E-state index in [0.717, 1.165) is 48.5 Å². The summed E-state index contributed by atoms with van der Waals surface area (Å²) in [5.41, 5.74) is 4.27. The third-order valence-electron chi connectivity index (χ3n) is 5.72. The number of fused-ring (bicyclic) bond motifs is 1. The van der Waals surface area contributed by atoms with Crippen LogP contribution in [-0.4, -0.2) is 59.2 Å². The number of hydrogen-bond acceptors (Lipinski definition) is 5. The van der Waals surface area contributed by atoms with Gasteiger partial charge < -0.3 is 15.1 Å². The summed E-state index contributed by atoms with van der Waals surface area (Å²) in [6.07, 6.45) is 0. The van der Waals surface area contributed by atoms with Gasteiger partial charge in [-0.05, 0) is 43.4 Å². The Hall–Kier alpha value is -3.71. The SMILES string of the molecule is CN1CCN(c2ccc(C(=O)Nc3n[nH]c4nc(-c5ccccc5)ccc34)cc2)CC1. The molecule has 2 aromatic heterocycles. The minimum absolute atomic E-state index is 0.189. The van der Waals surface area contributed by atoms with Crippen LogP contribution in [0.2, 0.25) is 0 Å². The van der Waals surface area contributed by atoms with Gasteiger partial charge in [-0.1, -0.05) is 30.3 Å². The number of carbonyl (C=O) groups excluding carboxylic acids is 1. The maximum absolute atomic E-state index is 12.8. The van der Waals surface area contributed by atoms with Crippen molar-refractivity contribution in [2.24, 2.45) is 0 Å². The third kappa shape index (κ3) is 4.00. The van der Waals surface area contributed by atoms with Gasteiger partial charge in [0.1, 0.15) is 0 Å². The number of nitrogens with zero attached hydrogens (tertiary/aromatic N) is 4. The van der Waals surface area contributed by atoms with Crippen molar-refractivity contribution < 1.29 is 4.79 Å². The predicted molar refractivity (Wildman–Crippen MR) is 123 cm³/mol. The molecule has 7 nitrogen and oxygen atoms in total. The Balaban J connectivity index is 1.31. The van der Waals surface area contributed by atoms with Crippen LogP contribution in [0.1, 0.15) is 10.4 Å². The molecule has 156 valence electrons. The van der Waals surface area contributed by atoms with E-state index in [0.29, 0.717) is 17.0 Å². The summed E-state index contributed by atoms with van der Waals surface area (Å²) in [6, 6.07) is 21.6. The quantitative estimate of drug-likeness (QED) is 0.535.